The standard InChI is InChI=1S/C24H34N2/c1-23-12-15-25-14-10-18(23)5-6-19-21-8-7-20(17-4-3-13-26-16-17)24(21,2)11-9-22(19)23/h3-4,7,13,16,18-19,21-22,25H,5-6,8-12,14-15H2,1-2H3/t18?,19-,21-,22-,23-,24+/m0/s1. The lowest BCUT2D eigenvalue weighted by atomic mass is 9.46. The summed E-state index contributed by atoms with van der Waals surface area (Å²) in [5, 5.41) is 3.69. The highest BCUT2D eigenvalue weighted by atomic mass is 14.9. The van der Waals surface area contributed by atoms with Gasteiger partial charge in [-0.05, 0) is 110 Å². The normalized spacial score (nSPS) is 45.1. The van der Waals surface area contributed by atoms with Crippen molar-refractivity contribution in [3.05, 3.63) is 36.2 Å². The molecule has 2 heterocycles. The second-order valence-corrected chi connectivity index (χ2v) is 10.00. The maximum Gasteiger partial charge on any atom is 0.0343 e. The third-order valence-electron chi connectivity index (χ3n) is 9.13. The molecule has 0 spiro atoms. The highest BCUT2D eigenvalue weighted by Crippen LogP contribution is 2.66. The molecule has 0 bridgehead atoms. The topological polar surface area (TPSA) is 24.9 Å². The molecule has 1 N–H and O–H groups in total. The fourth-order valence-electron chi connectivity index (χ4n) is 7.69. The van der Waals surface area contributed by atoms with Crippen LogP contribution in [-0.2, 0) is 0 Å². The summed E-state index contributed by atoms with van der Waals surface area (Å²) in [5.41, 5.74) is 3.92. The average Bonchev–Trinajstić information content (AvgIpc) is 2.88. The molecule has 1 aliphatic heterocycles. The van der Waals surface area contributed by atoms with Crippen molar-refractivity contribution in [2.45, 2.75) is 58.8 Å². The Labute approximate surface area is 158 Å². The molecule has 0 aromatic carbocycles. The lowest BCUT2D eigenvalue weighted by Gasteiger charge is -2.58. The molecule has 4 aliphatic rings. The third-order valence-corrected chi connectivity index (χ3v) is 9.13. The minimum Gasteiger partial charge on any atom is -0.317 e. The molecule has 0 amide bonds. The van der Waals surface area contributed by atoms with Crippen molar-refractivity contribution in [1.82, 2.24) is 10.3 Å². The number of nitrogens with zero attached hydrogens (tertiary/aromatic N) is 1. The van der Waals surface area contributed by atoms with E-state index in [2.05, 4.69) is 48.6 Å². The van der Waals surface area contributed by atoms with Gasteiger partial charge in [0.1, 0.15) is 0 Å². The molecule has 2 heteroatoms. The van der Waals surface area contributed by atoms with Crippen molar-refractivity contribution in [3.63, 3.8) is 0 Å². The highest BCUT2D eigenvalue weighted by molar-refractivity contribution is 5.72. The number of aromatic nitrogens is 1. The van der Waals surface area contributed by atoms with Crippen LogP contribution in [0.5, 0.6) is 0 Å². The number of pyridine rings is 1. The van der Waals surface area contributed by atoms with Gasteiger partial charge in [-0.25, -0.2) is 0 Å². The van der Waals surface area contributed by atoms with E-state index in [0.717, 1.165) is 23.7 Å². The lowest BCUT2D eigenvalue weighted by Crippen LogP contribution is -2.51. The first-order valence-corrected chi connectivity index (χ1v) is 10.9. The smallest absolute Gasteiger partial charge is 0.0343 e. The first-order valence-electron chi connectivity index (χ1n) is 10.9. The maximum atomic E-state index is 4.41. The molecular weight excluding hydrogens is 316 g/mol. The van der Waals surface area contributed by atoms with Crippen LogP contribution in [0.25, 0.3) is 5.57 Å². The van der Waals surface area contributed by atoms with Crippen molar-refractivity contribution < 1.29 is 0 Å². The Bertz CT molecular complexity index is 695. The van der Waals surface area contributed by atoms with E-state index < -0.39 is 0 Å². The molecule has 1 aromatic rings. The van der Waals surface area contributed by atoms with E-state index in [1.807, 2.05) is 6.20 Å². The van der Waals surface area contributed by atoms with Crippen LogP contribution in [-0.4, -0.2) is 18.1 Å². The molecule has 2 nitrogen and oxygen atoms in total. The van der Waals surface area contributed by atoms with Crippen LogP contribution in [0.2, 0.25) is 0 Å². The summed E-state index contributed by atoms with van der Waals surface area (Å²) in [5.74, 6) is 3.68. The zero-order valence-corrected chi connectivity index (χ0v) is 16.5. The van der Waals surface area contributed by atoms with Crippen LogP contribution in [0.15, 0.2) is 30.6 Å². The van der Waals surface area contributed by atoms with Gasteiger partial charge in [0.25, 0.3) is 0 Å². The number of fused-ring (bicyclic) bond motifs is 5. The van der Waals surface area contributed by atoms with E-state index in [-0.39, 0.29) is 0 Å². The van der Waals surface area contributed by atoms with Crippen LogP contribution in [0.3, 0.4) is 0 Å². The van der Waals surface area contributed by atoms with Crippen LogP contribution < -0.4 is 5.32 Å². The first kappa shape index (κ1) is 17.0. The molecule has 5 rings (SSSR count). The number of hydrogen-bond acceptors (Lipinski definition) is 2. The van der Waals surface area contributed by atoms with E-state index in [4.69, 9.17) is 0 Å². The van der Waals surface area contributed by atoms with E-state index in [1.54, 1.807) is 5.57 Å². The van der Waals surface area contributed by atoms with Gasteiger partial charge in [0.15, 0.2) is 0 Å². The minimum atomic E-state index is 0.371. The monoisotopic (exact) mass is 350 g/mol. The van der Waals surface area contributed by atoms with Gasteiger partial charge >= 0.3 is 0 Å². The van der Waals surface area contributed by atoms with Crippen molar-refractivity contribution in [2.75, 3.05) is 13.1 Å². The summed E-state index contributed by atoms with van der Waals surface area (Å²) in [7, 11) is 0. The fourth-order valence-corrected chi connectivity index (χ4v) is 7.69. The highest BCUT2D eigenvalue weighted by Gasteiger charge is 2.57. The summed E-state index contributed by atoms with van der Waals surface area (Å²) in [6.07, 6.45) is 16.4. The predicted molar refractivity (Wildman–Crippen MR) is 108 cm³/mol. The molecule has 3 aliphatic carbocycles. The van der Waals surface area contributed by atoms with Gasteiger partial charge in [-0.2, -0.15) is 0 Å². The van der Waals surface area contributed by atoms with E-state index in [1.165, 1.54) is 63.6 Å². The Morgan fingerprint density at radius 1 is 1.04 bits per heavy atom. The van der Waals surface area contributed by atoms with Gasteiger partial charge in [-0.1, -0.05) is 26.0 Å². The van der Waals surface area contributed by atoms with Gasteiger partial charge in [-0.3, -0.25) is 4.98 Å². The molecule has 1 saturated heterocycles. The molecule has 26 heavy (non-hydrogen) atoms. The summed E-state index contributed by atoms with van der Waals surface area (Å²) in [6.45, 7) is 7.71. The Morgan fingerprint density at radius 2 is 1.96 bits per heavy atom. The van der Waals surface area contributed by atoms with E-state index >= 15 is 0 Å². The summed E-state index contributed by atoms with van der Waals surface area (Å²) < 4.78 is 0. The number of hydrogen-bond donors (Lipinski definition) is 1. The Kier molecular flexibility index (Phi) is 4.04. The number of allylic oxidation sites excluding steroid dienone is 2. The van der Waals surface area contributed by atoms with Gasteiger partial charge in [-0.15, -0.1) is 0 Å². The SMILES string of the molecule is C[C@]12CCNCCC1CC[C@@H]1[C@@H]2CC[C@]2(C)C(c3cccnc3)=CC[C@@H]12. The summed E-state index contributed by atoms with van der Waals surface area (Å²) in [6, 6.07) is 4.37. The zero-order chi connectivity index (χ0) is 17.8. The molecule has 2 saturated carbocycles. The summed E-state index contributed by atoms with van der Waals surface area (Å²) in [4.78, 5) is 4.41. The number of nitrogens with one attached hydrogen (secondary N) is 1. The van der Waals surface area contributed by atoms with Gasteiger partial charge in [0.05, 0.1) is 0 Å². The predicted octanol–water partition coefficient (Wildman–Crippen LogP) is 5.32. The van der Waals surface area contributed by atoms with Crippen LogP contribution in [0, 0.1) is 34.5 Å². The molecule has 140 valence electrons. The molecule has 1 unspecified atom stereocenters. The van der Waals surface area contributed by atoms with Crippen molar-refractivity contribution in [3.8, 4) is 0 Å². The Hall–Kier alpha value is -1.15. The molecule has 0 radical (unpaired) electrons. The van der Waals surface area contributed by atoms with Gasteiger partial charge < -0.3 is 5.32 Å². The Morgan fingerprint density at radius 3 is 2.81 bits per heavy atom. The fraction of sp³-hybridized carbons (Fsp3) is 0.708. The van der Waals surface area contributed by atoms with Gasteiger partial charge in [0.2, 0.25) is 0 Å². The Balaban J connectivity index is 1.45. The first-order chi connectivity index (χ1) is 12.6. The van der Waals surface area contributed by atoms with Crippen LogP contribution in [0.1, 0.15) is 64.4 Å². The number of rotatable bonds is 1. The quantitative estimate of drug-likeness (QED) is 0.742. The zero-order valence-electron chi connectivity index (χ0n) is 16.5. The molecule has 3 fully saturated rings. The second-order valence-electron chi connectivity index (χ2n) is 10.00. The van der Waals surface area contributed by atoms with Crippen molar-refractivity contribution in [2.24, 2.45) is 34.5 Å². The minimum absolute atomic E-state index is 0.371. The molecular formula is C24H34N2. The summed E-state index contributed by atoms with van der Waals surface area (Å²) >= 11 is 0. The largest absolute Gasteiger partial charge is 0.317 e. The van der Waals surface area contributed by atoms with Crippen LogP contribution >= 0.6 is 0 Å². The van der Waals surface area contributed by atoms with Crippen molar-refractivity contribution in [1.29, 1.82) is 0 Å². The average molecular weight is 351 g/mol. The molecule has 1 aromatic heterocycles. The van der Waals surface area contributed by atoms with Gasteiger partial charge in [0, 0.05) is 12.4 Å². The maximum absolute atomic E-state index is 4.41. The van der Waals surface area contributed by atoms with E-state index in [0.29, 0.717) is 10.8 Å². The van der Waals surface area contributed by atoms with Crippen LogP contribution in [0.4, 0.5) is 0 Å². The third kappa shape index (κ3) is 2.37. The lowest BCUT2D eigenvalue weighted by molar-refractivity contribution is -0.0790. The second kappa shape index (κ2) is 6.19. The van der Waals surface area contributed by atoms with Crippen molar-refractivity contribution >= 4 is 5.57 Å². The van der Waals surface area contributed by atoms with E-state index in [9.17, 15) is 0 Å². The molecule has 6 atom stereocenters.